The minimum absolute atomic E-state index is 0.248. The van der Waals surface area contributed by atoms with E-state index in [1.807, 2.05) is 36.2 Å². The molecule has 3 heterocycles. The van der Waals surface area contributed by atoms with Gasteiger partial charge in [-0.1, -0.05) is 12.1 Å². The molecule has 0 spiro atoms. The number of hydrogen-bond acceptors (Lipinski definition) is 6. The highest BCUT2D eigenvalue weighted by molar-refractivity contribution is 7.89. The van der Waals surface area contributed by atoms with E-state index in [0.717, 1.165) is 11.8 Å². The molecular formula is C18H19FN6O2S. The number of halogens is 1. The molecule has 0 N–H and O–H groups in total. The van der Waals surface area contributed by atoms with Crippen molar-refractivity contribution in [3.8, 4) is 5.82 Å². The number of piperazine rings is 1. The zero-order valence-corrected chi connectivity index (χ0v) is 16.0. The van der Waals surface area contributed by atoms with Crippen LogP contribution in [0.1, 0.15) is 5.69 Å². The zero-order valence-electron chi connectivity index (χ0n) is 15.2. The second-order valence-electron chi connectivity index (χ2n) is 6.47. The van der Waals surface area contributed by atoms with Crippen molar-refractivity contribution in [3.05, 3.63) is 60.2 Å². The van der Waals surface area contributed by atoms with Crippen molar-refractivity contribution in [1.82, 2.24) is 24.3 Å². The maximum Gasteiger partial charge on any atom is 0.246 e. The van der Waals surface area contributed by atoms with Gasteiger partial charge in [-0.05, 0) is 37.3 Å². The summed E-state index contributed by atoms with van der Waals surface area (Å²) in [6.07, 6.45) is 1.81. The van der Waals surface area contributed by atoms with Crippen LogP contribution in [-0.2, 0) is 10.0 Å². The number of benzene rings is 1. The Morgan fingerprint density at radius 3 is 2.21 bits per heavy atom. The number of anilines is 1. The van der Waals surface area contributed by atoms with Crippen LogP contribution in [0.5, 0.6) is 0 Å². The summed E-state index contributed by atoms with van der Waals surface area (Å²) in [5, 5.41) is 12.7. The van der Waals surface area contributed by atoms with E-state index in [2.05, 4.69) is 15.3 Å². The second-order valence-corrected chi connectivity index (χ2v) is 8.38. The van der Waals surface area contributed by atoms with E-state index in [0.29, 0.717) is 24.7 Å². The molecule has 1 aliphatic heterocycles. The van der Waals surface area contributed by atoms with Crippen LogP contribution < -0.4 is 4.90 Å². The molecule has 0 aliphatic carbocycles. The summed E-state index contributed by atoms with van der Waals surface area (Å²) in [5.41, 5.74) is 0.887. The quantitative estimate of drug-likeness (QED) is 0.659. The van der Waals surface area contributed by atoms with Crippen LogP contribution in [0.2, 0.25) is 0 Å². The summed E-state index contributed by atoms with van der Waals surface area (Å²) in [4.78, 5) is 1.67. The number of aryl methyl sites for hydroxylation is 1. The minimum atomic E-state index is -3.85. The van der Waals surface area contributed by atoms with Gasteiger partial charge in [0.2, 0.25) is 10.0 Å². The number of sulfonamides is 1. The molecule has 0 amide bonds. The van der Waals surface area contributed by atoms with Crippen LogP contribution in [0.25, 0.3) is 5.82 Å². The Bertz CT molecular complexity index is 1080. The van der Waals surface area contributed by atoms with Gasteiger partial charge in [0.25, 0.3) is 0 Å². The van der Waals surface area contributed by atoms with Crippen molar-refractivity contribution in [2.24, 2.45) is 0 Å². The molecule has 1 fully saturated rings. The SMILES string of the molecule is Cc1ccn(-c2ccc(N3CCN(S(=O)(=O)c4ccccc4F)CC3)nn2)n1. The van der Waals surface area contributed by atoms with E-state index in [9.17, 15) is 12.8 Å². The molecule has 2 aromatic heterocycles. The van der Waals surface area contributed by atoms with E-state index in [4.69, 9.17) is 0 Å². The van der Waals surface area contributed by atoms with Crippen molar-refractivity contribution >= 4 is 15.8 Å². The third-order valence-corrected chi connectivity index (χ3v) is 6.54. The lowest BCUT2D eigenvalue weighted by molar-refractivity contribution is 0.381. The molecule has 0 radical (unpaired) electrons. The number of nitrogens with zero attached hydrogens (tertiary/aromatic N) is 6. The normalized spacial score (nSPS) is 15.7. The first-order valence-electron chi connectivity index (χ1n) is 8.81. The highest BCUT2D eigenvalue weighted by atomic mass is 32.2. The maximum absolute atomic E-state index is 13.9. The third kappa shape index (κ3) is 3.48. The molecular weight excluding hydrogens is 383 g/mol. The molecule has 0 atom stereocenters. The van der Waals surface area contributed by atoms with Crippen LogP contribution in [0.3, 0.4) is 0 Å². The summed E-state index contributed by atoms with van der Waals surface area (Å²) in [6, 6.07) is 11.0. The van der Waals surface area contributed by atoms with Crippen molar-refractivity contribution in [3.63, 3.8) is 0 Å². The maximum atomic E-state index is 13.9. The lowest BCUT2D eigenvalue weighted by atomic mass is 10.3. The van der Waals surface area contributed by atoms with Gasteiger partial charge in [-0.3, -0.25) is 0 Å². The van der Waals surface area contributed by atoms with E-state index in [-0.39, 0.29) is 18.0 Å². The summed E-state index contributed by atoms with van der Waals surface area (Å²) in [5.74, 6) is 0.536. The first kappa shape index (κ1) is 18.5. The highest BCUT2D eigenvalue weighted by Gasteiger charge is 2.30. The Morgan fingerprint density at radius 1 is 0.929 bits per heavy atom. The van der Waals surface area contributed by atoms with Crippen LogP contribution >= 0.6 is 0 Å². The molecule has 0 bridgehead atoms. The monoisotopic (exact) mass is 402 g/mol. The van der Waals surface area contributed by atoms with Gasteiger partial charge in [0, 0.05) is 32.4 Å². The standard InChI is InChI=1S/C18H19FN6O2S/c1-14-8-9-25(22-14)18-7-6-17(20-21-18)23-10-12-24(13-11-23)28(26,27)16-5-3-2-4-15(16)19/h2-9H,10-13H2,1H3. The Hall–Kier alpha value is -2.85. The number of rotatable bonds is 4. The van der Waals surface area contributed by atoms with Crippen molar-refractivity contribution in [2.75, 3.05) is 31.1 Å². The fraction of sp³-hybridized carbons (Fsp3) is 0.278. The molecule has 1 saturated heterocycles. The Labute approximate surface area is 162 Å². The summed E-state index contributed by atoms with van der Waals surface area (Å²) in [6.45, 7) is 3.29. The van der Waals surface area contributed by atoms with E-state index < -0.39 is 15.8 Å². The zero-order chi connectivity index (χ0) is 19.7. The smallest absolute Gasteiger partial charge is 0.246 e. The first-order valence-corrected chi connectivity index (χ1v) is 10.3. The van der Waals surface area contributed by atoms with Crippen molar-refractivity contribution in [1.29, 1.82) is 0 Å². The summed E-state index contributed by atoms with van der Waals surface area (Å²) < 4.78 is 42.2. The Balaban J connectivity index is 1.45. The fourth-order valence-electron chi connectivity index (χ4n) is 3.10. The topological polar surface area (TPSA) is 84.2 Å². The van der Waals surface area contributed by atoms with Gasteiger partial charge >= 0.3 is 0 Å². The van der Waals surface area contributed by atoms with Crippen LogP contribution in [-0.4, -0.2) is 58.9 Å². The van der Waals surface area contributed by atoms with E-state index >= 15 is 0 Å². The molecule has 8 nitrogen and oxygen atoms in total. The molecule has 4 rings (SSSR count). The van der Waals surface area contributed by atoms with Gasteiger partial charge in [-0.25, -0.2) is 17.5 Å². The first-order chi connectivity index (χ1) is 13.4. The molecule has 10 heteroatoms. The van der Waals surface area contributed by atoms with E-state index in [1.165, 1.54) is 22.5 Å². The van der Waals surface area contributed by atoms with Gasteiger partial charge in [-0.2, -0.15) is 9.40 Å². The van der Waals surface area contributed by atoms with Gasteiger partial charge in [-0.15, -0.1) is 10.2 Å². The number of hydrogen-bond donors (Lipinski definition) is 0. The Morgan fingerprint density at radius 2 is 1.61 bits per heavy atom. The van der Waals surface area contributed by atoms with Crippen molar-refractivity contribution in [2.45, 2.75) is 11.8 Å². The Kier molecular flexibility index (Phi) is 4.82. The lowest BCUT2D eigenvalue weighted by Crippen LogP contribution is -2.49. The molecule has 1 aliphatic rings. The summed E-state index contributed by atoms with van der Waals surface area (Å²) in [7, 11) is -3.85. The number of aromatic nitrogens is 4. The minimum Gasteiger partial charge on any atom is -0.352 e. The van der Waals surface area contributed by atoms with Gasteiger partial charge in [0.1, 0.15) is 10.7 Å². The largest absolute Gasteiger partial charge is 0.352 e. The highest BCUT2D eigenvalue weighted by Crippen LogP contribution is 2.22. The predicted molar refractivity (Wildman–Crippen MR) is 101 cm³/mol. The van der Waals surface area contributed by atoms with Crippen LogP contribution in [0.4, 0.5) is 10.2 Å². The molecule has 1 aromatic carbocycles. The average Bonchev–Trinajstić information content (AvgIpc) is 3.15. The molecule has 0 saturated carbocycles. The third-order valence-electron chi connectivity index (χ3n) is 4.61. The molecule has 28 heavy (non-hydrogen) atoms. The average molecular weight is 402 g/mol. The van der Waals surface area contributed by atoms with Crippen molar-refractivity contribution < 1.29 is 12.8 Å². The predicted octanol–water partition coefficient (Wildman–Crippen LogP) is 1.62. The van der Waals surface area contributed by atoms with Gasteiger partial charge < -0.3 is 4.90 Å². The second kappa shape index (κ2) is 7.28. The van der Waals surface area contributed by atoms with Gasteiger partial charge in [0.05, 0.1) is 5.69 Å². The molecule has 0 unspecified atom stereocenters. The van der Waals surface area contributed by atoms with Crippen LogP contribution in [0, 0.1) is 12.7 Å². The van der Waals surface area contributed by atoms with Crippen LogP contribution in [0.15, 0.2) is 53.6 Å². The molecule has 3 aromatic rings. The van der Waals surface area contributed by atoms with Gasteiger partial charge in [0.15, 0.2) is 11.6 Å². The molecule has 146 valence electrons. The van der Waals surface area contributed by atoms with E-state index in [1.54, 1.807) is 4.68 Å². The summed E-state index contributed by atoms with van der Waals surface area (Å²) >= 11 is 0. The lowest BCUT2D eigenvalue weighted by Gasteiger charge is -2.34. The fourth-order valence-corrected chi connectivity index (χ4v) is 4.59.